The molecule has 8 nitrogen and oxygen atoms in total. The molecule has 0 spiro atoms. The topological polar surface area (TPSA) is 102 Å². The van der Waals surface area contributed by atoms with E-state index in [9.17, 15) is 18.5 Å². The molecule has 2 rings (SSSR count). The molecule has 1 fully saturated rings. The number of likely N-dealkylation sites (N-methyl/N-ethyl adjacent to an activating group) is 1. The number of methoxy groups -OCH3 is 1. The number of sulfonamides is 1. The van der Waals surface area contributed by atoms with Crippen molar-refractivity contribution in [2.45, 2.75) is 23.8 Å². The molecule has 0 aromatic heterocycles. The van der Waals surface area contributed by atoms with Crippen molar-refractivity contribution in [1.82, 2.24) is 9.62 Å². The number of hydrogen-bond acceptors (Lipinski definition) is 6. The van der Waals surface area contributed by atoms with Crippen LogP contribution in [0.15, 0.2) is 23.1 Å². The summed E-state index contributed by atoms with van der Waals surface area (Å²) in [5.74, 6) is -0.0598. The van der Waals surface area contributed by atoms with Gasteiger partial charge in [0.1, 0.15) is 0 Å². The Labute approximate surface area is 129 Å². The van der Waals surface area contributed by atoms with Crippen LogP contribution < -0.4 is 10.1 Å². The van der Waals surface area contributed by atoms with Crippen LogP contribution in [-0.2, 0) is 10.0 Å². The first-order chi connectivity index (χ1) is 10.4. The van der Waals surface area contributed by atoms with Crippen LogP contribution >= 0.6 is 0 Å². The van der Waals surface area contributed by atoms with Gasteiger partial charge >= 0.3 is 5.69 Å². The molecule has 0 radical (unpaired) electrons. The maximum absolute atomic E-state index is 12.7. The molecule has 9 heteroatoms. The van der Waals surface area contributed by atoms with Gasteiger partial charge in [0.05, 0.1) is 16.9 Å². The molecule has 1 unspecified atom stereocenters. The van der Waals surface area contributed by atoms with E-state index in [0.29, 0.717) is 13.1 Å². The molecule has 0 saturated carbocycles. The van der Waals surface area contributed by atoms with Crippen molar-refractivity contribution in [1.29, 1.82) is 0 Å². The Morgan fingerprint density at radius 3 is 2.82 bits per heavy atom. The molecule has 122 valence electrons. The van der Waals surface area contributed by atoms with Crippen molar-refractivity contribution in [3.8, 4) is 5.75 Å². The number of hydrogen-bond donors (Lipinski definition) is 1. The molecule has 0 amide bonds. The second-order valence-corrected chi connectivity index (χ2v) is 6.95. The average molecular weight is 329 g/mol. The van der Waals surface area contributed by atoms with Gasteiger partial charge in [0.2, 0.25) is 10.0 Å². The largest absolute Gasteiger partial charge is 0.490 e. The fourth-order valence-corrected chi connectivity index (χ4v) is 4.38. The van der Waals surface area contributed by atoms with E-state index in [1.807, 2.05) is 0 Å². The van der Waals surface area contributed by atoms with Crippen LogP contribution in [0.2, 0.25) is 0 Å². The normalized spacial score (nSPS) is 19.3. The maximum Gasteiger partial charge on any atom is 0.310 e. The van der Waals surface area contributed by atoms with Gasteiger partial charge in [-0.2, -0.15) is 4.31 Å². The summed E-state index contributed by atoms with van der Waals surface area (Å²) in [6.07, 6.45) is 1.60. The van der Waals surface area contributed by atoms with Crippen LogP contribution in [0.3, 0.4) is 0 Å². The first kappa shape index (κ1) is 16.7. The van der Waals surface area contributed by atoms with E-state index in [0.717, 1.165) is 18.9 Å². The lowest BCUT2D eigenvalue weighted by atomic mass is 10.2. The highest BCUT2D eigenvalue weighted by Gasteiger charge is 2.35. The van der Waals surface area contributed by atoms with E-state index >= 15 is 0 Å². The van der Waals surface area contributed by atoms with Crippen LogP contribution in [0.25, 0.3) is 0 Å². The summed E-state index contributed by atoms with van der Waals surface area (Å²) in [5, 5.41) is 13.9. The zero-order valence-corrected chi connectivity index (χ0v) is 13.3. The second-order valence-electron chi connectivity index (χ2n) is 5.06. The predicted octanol–water partition coefficient (Wildman–Crippen LogP) is 0.976. The number of rotatable bonds is 6. The summed E-state index contributed by atoms with van der Waals surface area (Å²) in [7, 11) is -0.642. The van der Waals surface area contributed by atoms with Crippen LogP contribution in [0.4, 0.5) is 5.69 Å². The summed E-state index contributed by atoms with van der Waals surface area (Å²) in [5.41, 5.74) is -0.255. The highest BCUT2D eigenvalue weighted by molar-refractivity contribution is 7.89. The highest BCUT2D eigenvalue weighted by Crippen LogP contribution is 2.32. The molecule has 1 N–H and O–H groups in total. The van der Waals surface area contributed by atoms with Gasteiger partial charge in [0.25, 0.3) is 0 Å². The van der Waals surface area contributed by atoms with E-state index in [1.54, 1.807) is 7.05 Å². The minimum atomic E-state index is -3.69. The standard InChI is InChI=1S/C13H19N3O5S/c1-14-9-10-4-3-7-15(10)22(19,20)11-5-6-12(16(17)18)13(8-11)21-2/h5-6,8,10,14H,3-4,7,9H2,1-2H3. The van der Waals surface area contributed by atoms with Gasteiger partial charge < -0.3 is 10.1 Å². The van der Waals surface area contributed by atoms with Crippen LogP contribution in [0.5, 0.6) is 5.75 Å². The van der Waals surface area contributed by atoms with E-state index in [1.165, 1.54) is 23.5 Å². The number of nitrogens with one attached hydrogen (secondary N) is 1. The third kappa shape index (κ3) is 3.06. The fraction of sp³-hybridized carbons (Fsp3) is 0.538. The number of nitro groups is 1. The molecular formula is C13H19N3O5S. The Hall–Kier alpha value is -1.71. The predicted molar refractivity (Wildman–Crippen MR) is 80.5 cm³/mol. The van der Waals surface area contributed by atoms with E-state index in [-0.39, 0.29) is 22.4 Å². The first-order valence-electron chi connectivity index (χ1n) is 6.90. The lowest BCUT2D eigenvalue weighted by Gasteiger charge is -2.24. The van der Waals surface area contributed by atoms with Crippen molar-refractivity contribution in [2.75, 3.05) is 27.2 Å². The van der Waals surface area contributed by atoms with E-state index in [4.69, 9.17) is 4.74 Å². The molecular weight excluding hydrogens is 310 g/mol. The number of benzene rings is 1. The molecule has 1 heterocycles. The molecule has 1 aliphatic heterocycles. The highest BCUT2D eigenvalue weighted by atomic mass is 32.2. The van der Waals surface area contributed by atoms with Crippen molar-refractivity contribution in [3.05, 3.63) is 28.3 Å². The Morgan fingerprint density at radius 1 is 1.50 bits per heavy atom. The minimum absolute atomic E-state index is 0.0120. The van der Waals surface area contributed by atoms with Crippen LogP contribution in [0, 0.1) is 10.1 Å². The summed E-state index contributed by atoms with van der Waals surface area (Å²) >= 11 is 0. The lowest BCUT2D eigenvalue weighted by molar-refractivity contribution is -0.385. The van der Waals surface area contributed by atoms with Crippen LogP contribution in [-0.4, -0.2) is 50.9 Å². The Kier molecular flexibility index (Phi) is 4.99. The van der Waals surface area contributed by atoms with E-state index < -0.39 is 14.9 Å². The third-order valence-corrected chi connectivity index (χ3v) is 5.67. The Morgan fingerprint density at radius 2 is 2.23 bits per heavy atom. The fourth-order valence-electron chi connectivity index (χ4n) is 2.67. The van der Waals surface area contributed by atoms with Crippen molar-refractivity contribution in [3.63, 3.8) is 0 Å². The summed E-state index contributed by atoms with van der Waals surface area (Å²) in [4.78, 5) is 10.3. The molecule has 1 aromatic carbocycles. The lowest BCUT2D eigenvalue weighted by Crippen LogP contribution is -2.40. The van der Waals surface area contributed by atoms with Crippen molar-refractivity contribution < 1.29 is 18.1 Å². The van der Waals surface area contributed by atoms with Crippen LogP contribution in [0.1, 0.15) is 12.8 Å². The van der Waals surface area contributed by atoms with Gasteiger partial charge in [-0.25, -0.2) is 8.42 Å². The molecule has 0 aliphatic carbocycles. The Bertz CT molecular complexity index is 662. The second kappa shape index (κ2) is 6.59. The minimum Gasteiger partial charge on any atom is -0.490 e. The molecule has 22 heavy (non-hydrogen) atoms. The van der Waals surface area contributed by atoms with Crippen molar-refractivity contribution >= 4 is 15.7 Å². The number of nitrogens with zero attached hydrogens (tertiary/aromatic N) is 2. The summed E-state index contributed by atoms with van der Waals surface area (Å²) < 4.78 is 31.9. The van der Waals surface area contributed by atoms with E-state index in [2.05, 4.69) is 5.32 Å². The Balaban J connectivity index is 2.39. The molecule has 1 aliphatic rings. The zero-order valence-electron chi connectivity index (χ0n) is 12.5. The zero-order chi connectivity index (χ0) is 16.3. The molecule has 1 saturated heterocycles. The first-order valence-corrected chi connectivity index (χ1v) is 8.34. The van der Waals surface area contributed by atoms with Gasteiger partial charge in [0, 0.05) is 31.3 Å². The van der Waals surface area contributed by atoms with Gasteiger partial charge in [-0.1, -0.05) is 0 Å². The van der Waals surface area contributed by atoms with Crippen molar-refractivity contribution in [2.24, 2.45) is 0 Å². The third-order valence-electron chi connectivity index (χ3n) is 3.72. The molecule has 0 bridgehead atoms. The number of nitro benzene ring substituents is 1. The molecule has 1 aromatic rings. The smallest absolute Gasteiger partial charge is 0.310 e. The van der Waals surface area contributed by atoms with Gasteiger partial charge in [-0.05, 0) is 26.0 Å². The quantitative estimate of drug-likeness (QED) is 0.616. The maximum atomic E-state index is 12.7. The SMILES string of the molecule is CNCC1CCCN1S(=O)(=O)c1ccc([N+](=O)[O-])c(OC)c1. The molecule has 1 atom stereocenters. The number of ether oxygens (including phenoxy) is 1. The van der Waals surface area contributed by atoms with Gasteiger partial charge in [-0.3, -0.25) is 10.1 Å². The van der Waals surface area contributed by atoms with Gasteiger partial charge in [0.15, 0.2) is 5.75 Å². The van der Waals surface area contributed by atoms with Gasteiger partial charge in [-0.15, -0.1) is 0 Å². The summed E-state index contributed by atoms with van der Waals surface area (Å²) in [6.45, 7) is 1.03. The average Bonchev–Trinajstić information content (AvgIpc) is 2.95. The monoisotopic (exact) mass is 329 g/mol. The summed E-state index contributed by atoms with van der Waals surface area (Å²) in [6, 6.07) is 3.53.